The molecule has 1 aromatic heterocycles. The normalized spacial score (nSPS) is 16.2. The molecule has 0 unspecified atom stereocenters. The molecule has 8 heteroatoms. The molecule has 0 atom stereocenters. The molecule has 2 heterocycles. The van der Waals surface area contributed by atoms with Crippen molar-refractivity contribution in [2.45, 2.75) is 32.7 Å². The van der Waals surface area contributed by atoms with Crippen molar-refractivity contribution in [3.63, 3.8) is 0 Å². The summed E-state index contributed by atoms with van der Waals surface area (Å²) in [5.74, 6) is 0. The Morgan fingerprint density at radius 3 is 2.60 bits per heavy atom. The minimum Gasteiger partial charge on any atom is -0.392 e. The van der Waals surface area contributed by atoms with E-state index in [1.165, 1.54) is 29.0 Å². The van der Waals surface area contributed by atoms with Crippen LogP contribution in [0, 0.1) is 6.92 Å². The third-order valence-electron chi connectivity index (χ3n) is 5.35. The zero-order chi connectivity index (χ0) is 21.3. The van der Waals surface area contributed by atoms with E-state index in [4.69, 9.17) is 0 Å². The predicted molar refractivity (Wildman–Crippen MR) is 114 cm³/mol. The molecule has 1 aliphatic rings. The third kappa shape index (κ3) is 4.77. The van der Waals surface area contributed by atoms with Crippen LogP contribution >= 0.6 is 11.3 Å². The molecule has 4 rings (SSSR count). The first-order valence-electron chi connectivity index (χ1n) is 9.97. The Kier molecular flexibility index (Phi) is 5.99. The summed E-state index contributed by atoms with van der Waals surface area (Å²) in [5, 5.41) is 10.2. The lowest BCUT2D eigenvalue weighted by molar-refractivity contribution is -0.137. The van der Waals surface area contributed by atoms with Crippen LogP contribution in [-0.4, -0.2) is 41.2 Å². The number of thiazole rings is 1. The van der Waals surface area contributed by atoms with E-state index in [1.807, 2.05) is 19.1 Å². The van der Waals surface area contributed by atoms with Crippen molar-refractivity contribution in [2.75, 3.05) is 31.1 Å². The monoisotopic (exact) mass is 435 g/mol. The van der Waals surface area contributed by atoms with E-state index in [0.717, 1.165) is 61.5 Å². The summed E-state index contributed by atoms with van der Waals surface area (Å²) >= 11 is 1.32. The molecule has 0 radical (unpaired) electrons. The summed E-state index contributed by atoms with van der Waals surface area (Å²) in [6.45, 7) is 6.30. The highest BCUT2D eigenvalue weighted by molar-refractivity contribution is 7.22. The number of rotatable bonds is 4. The van der Waals surface area contributed by atoms with Gasteiger partial charge in [0.1, 0.15) is 0 Å². The number of nitrogens with zero attached hydrogens (tertiary/aromatic N) is 3. The molecule has 0 aliphatic carbocycles. The van der Waals surface area contributed by atoms with Gasteiger partial charge < -0.3 is 10.0 Å². The van der Waals surface area contributed by atoms with Crippen molar-refractivity contribution in [1.29, 1.82) is 0 Å². The van der Waals surface area contributed by atoms with Gasteiger partial charge in [0.05, 0.1) is 22.4 Å². The SMILES string of the molecule is Cc1cc(CO)cc(CN2CCCN(c3nc4ccc(C(F)(F)F)cc4s3)CC2)c1. The van der Waals surface area contributed by atoms with Crippen molar-refractivity contribution in [3.05, 3.63) is 58.7 Å². The molecule has 0 saturated carbocycles. The van der Waals surface area contributed by atoms with Crippen molar-refractivity contribution < 1.29 is 18.3 Å². The standard InChI is InChI=1S/C22H24F3N3OS/c1-15-9-16(11-17(10-15)14-29)13-27-5-2-6-28(8-7-27)21-26-19-4-3-18(22(23,24)25)12-20(19)30-21/h3-4,9-12,29H,2,5-8,13-14H2,1H3. The molecule has 0 spiro atoms. The Bertz CT molecular complexity index is 1030. The number of benzene rings is 2. The van der Waals surface area contributed by atoms with Gasteiger partial charge in [-0.2, -0.15) is 13.2 Å². The lowest BCUT2D eigenvalue weighted by Crippen LogP contribution is -2.30. The highest BCUT2D eigenvalue weighted by atomic mass is 32.1. The summed E-state index contributed by atoms with van der Waals surface area (Å²) in [6, 6.07) is 9.92. The minimum absolute atomic E-state index is 0.0378. The van der Waals surface area contributed by atoms with Gasteiger partial charge in [-0.15, -0.1) is 0 Å². The van der Waals surface area contributed by atoms with Crippen LogP contribution in [0.3, 0.4) is 0 Å². The zero-order valence-corrected chi connectivity index (χ0v) is 17.6. The van der Waals surface area contributed by atoms with E-state index in [0.29, 0.717) is 10.2 Å². The minimum atomic E-state index is -4.34. The van der Waals surface area contributed by atoms with Crippen LogP contribution in [0.25, 0.3) is 10.2 Å². The van der Waals surface area contributed by atoms with Crippen LogP contribution in [-0.2, 0) is 19.3 Å². The van der Waals surface area contributed by atoms with Crippen LogP contribution in [0.1, 0.15) is 28.7 Å². The fourth-order valence-electron chi connectivity index (χ4n) is 3.93. The lowest BCUT2D eigenvalue weighted by atomic mass is 10.1. The van der Waals surface area contributed by atoms with Gasteiger partial charge >= 0.3 is 6.18 Å². The van der Waals surface area contributed by atoms with Gasteiger partial charge in [-0.3, -0.25) is 4.90 Å². The van der Waals surface area contributed by atoms with Gasteiger partial charge in [-0.25, -0.2) is 4.98 Å². The van der Waals surface area contributed by atoms with E-state index >= 15 is 0 Å². The second-order valence-electron chi connectivity index (χ2n) is 7.78. The lowest BCUT2D eigenvalue weighted by Gasteiger charge is -2.22. The number of anilines is 1. The van der Waals surface area contributed by atoms with Gasteiger partial charge in [0.15, 0.2) is 5.13 Å². The Morgan fingerprint density at radius 1 is 1.03 bits per heavy atom. The summed E-state index contributed by atoms with van der Waals surface area (Å²) in [4.78, 5) is 9.13. The molecule has 0 bridgehead atoms. The Morgan fingerprint density at radius 2 is 1.83 bits per heavy atom. The largest absolute Gasteiger partial charge is 0.416 e. The maximum Gasteiger partial charge on any atom is 0.416 e. The van der Waals surface area contributed by atoms with Gasteiger partial charge in [0, 0.05) is 32.7 Å². The molecule has 1 fully saturated rings. The quantitative estimate of drug-likeness (QED) is 0.637. The van der Waals surface area contributed by atoms with E-state index in [2.05, 4.69) is 20.9 Å². The summed E-state index contributed by atoms with van der Waals surface area (Å²) < 4.78 is 39.5. The average molecular weight is 436 g/mol. The van der Waals surface area contributed by atoms with Gasteiger partial charge in [-0.1, -0.05) is 35.1 Å². The molecule has 30 heavy (non-hydrogen) atoms. The van der Waals surface area contributed by atoms with Crippen molar-refractivity contribution in [2.24, 2.45) is 0 Å². The predicted octanol–water partition coefficient (Wildman–Crippen LogP) is 4.83. The van der Waals surface area contributed by atoms with Crippen molar-refractivity contribution >= 4 is 26.7 Å². The van der Waals surface area contributed by atoms with Gasteiger partial charge in [0.2, 0.25) is 0 Å². The number of aliphatic hydroxyl groups excluding tert-OH is 1. The first-order chi connectivity index (χ1) is 14.3. The van der Waals surface area contributed by atoms with Crippen molar-refractivity contribution in [1.82, 2.24) is 9.88 Å². The number of fused-ring (bicyclic) bond motifs is 1. The number of hydrogen-bond acceptors (Lipinski definition) is 5. The number of aromatic nitrogens is 1. The summed E-state index contributed by atoms with van der Waals surface area (Å²) in [7, 11) is 0. The Hall–Kier alpha value is -2.16. The fraction of sp³-hybridized carbons (Fsp3) is 0.409. The van der Waals surface area contributed by atoms with Gasteiger partial charge in [0.25, 0.3) is 0 Å². The van der Waals surface area contributed by atoms with Crippen LogP contribution in [0.2, 0.25) is 0 Å². The molecule has 1 saturated heterocycles. The van der Waals surface area contributed by atoms with Crippen LogP contribution in [0.5, 0.6) is 0 Å². The summed E-state index contributed by atoms with van der Waals surface area (Å²) in [5.41, 5.74) is 3.23. The smallest absolute Gasteiger partial charge is 0.392 e. The topological polar surface area (TPSA) is 39.6 Å². The molecule has 160 valence electrons. The Labute approximate surface area is 177 Å². The van der Waals surface area contributed by atoms with E-state index < -0.39 is 11.7 Å². The number of halogens is 3. The average Bonchev–Trinajstić information content (AvgIpc) is 2.98. The maximum absolute atomic E-state index is 13.0. The van der Waals surface area contributed by atoms with Crippen LogP contribution < -0.4 is 4.90 Å². The van der Waals surface area contributed by atoms with E-state index in [1.54, 1.807) is 0 Å². The van der Waals surface area contributed by atoms with Gasteiger partial charge in [-0.05, 0) is 42.7 Å². The number of aryl methyl sites for hydroxylation is 1. The zero-order valence-electron chi connectivity index (χ0n) is 16.7. The second kappa shape index (κ2) is 8.53. The molecular weight excluding hydrogens is 411 g/mol. The highest BCUT2D eigenvalue weighted by Gasteiger charge is 2.31. The number of hydrogen-bond donors (Lipinski definition) is 1. The second-order valence-corrected chi connectivity index (χ2v) is 8.79. The summed E-state index contributed by atoms with van der Waals surface area (Å²) in [6.07, 6.45) is -3.38. The van der Waals surface area contributed by atoms with Crippen LogP contribution in [0.4, 0.5) is 18.3 Å². The first kappa shape index (κ1) is 21.1. The van der Waals surface area contributed by atoms with Crippen molar-refractivity contribution in [3.8, 4) is 0 Å². The fourth-order valence-corrected chi connectivity index (χ4v) is 4.99. The van der Waals surface area contributed by atoms with E-state index in [-0.39, 0.29) is 6.61 Å². The third-order valence-corrected chi connectivity index (χ3v) is 6.43. The first-order valence-corrected chi connectivity index (χ1v) is 10.8. The molecule has 1 aliphatic heterocycles. The number of aliphatic hydroxyl groups is 1. The molecule has 0 amide bonds. The highest BCUT2D eigenvalue weighted by Crippen LogP contribution is 2.35. The van der Waals surface area contributed by atoms with Crippen LogP contribution in [0.15, 0.2) is 36.4 Å². The molecule has 2 aromatic carbocycles. The molecule has 1 N–H and O–H groups in total. The Balaban J connectivity index is 1.46. The molecular formula is C22H24F3N3OS. The van der Waals surface area contributed by atoms with E-state index in [9.17, 15) is 18.3 Å². The number of alkyl halides is 3. The maximum atomic E-state index is 13.0. The molecule has 4 nitrogen and oxygen atoms in total. The molecule has 3 aromatic rings.